The molecule has 0 aliphatic carbocycles. The third kappa shape index (κ3) is 8.59. The Hall–Kier alpha value is -5.92. The summed E-state index contributed by atoms with van der Waals surface area (Å²) in [5.74, 6) is 1.76. The SMILES string of the molecule is COc1cc(COc2nn(-c3ccccc3)cc2C=Cc2nc(N3CCOCC3)sc2C)ccc1OCc1nc(-c2ccc(CC(=O)O)cc2)oc1C. The molecule has 0 atom stereocenters. The Kier molecular flexibility index (Phi) is 10.8. The number of benzene rings is 3. The number of methoxy groups -OCH3 is 1. The van der Waals surface area contributed by atoms with Crippen LogP contribution in [0.1, 0.15) is 38.7 Å². The molecule has 272 valence electrons. The van der Waals surface area contributed by atoms with Crippen LogP contribution in [0, 0.1) is 13.8 Å². The van der Waals surface area contributed by atoms with E-state index in [1.165, 1.54) is 0 Å². The molecular weight excluding hydrogens is 695 g/mol. The highest BCUT2D eigenvalue weighted by molar-refractivity contribution is 7.15. The van der Waals surface area contributed by atoms with Crippen LogP contribution in [0.25, 0.3) is 29.3 Å². The van der Waals surface area contributed by atoms with Crippen molar-refractivity contribution in [3.8, 4) is 34.5 Å². The van der Waals surface area contributed by atoms with E-state index in [9.17, 15) is 4.79 Å². The number of nitrogens with zero attached hydrogens (tertiary/aromatic N) is 5. The summed E-state index contributed by atoms with van der Waals surface area (Å²) in [7, 11) is 1.59. The van der Waals surface area contributed by atoms with Crippen LogP contribution in [0.5, 0.6) is 17.4 Å². The number of hydrogen-bond acceptors (Lipinski definition) is 11. The number of aliphatic carboxylic acids is 1. The number of carboxylic acids is 1. The summed E-state index contributed by atoms with van der Waals surface area (Å²) in [6.45, 7) is 7.43. The van der Waals surface area contributed by atoms with Crippen LogP contribution in [-0.2, 0) is 29.2 Å². The minimum atomic E-state index is -0.880. The number of anilines is 1. The van der Waals surface area contributed by atoms with E-state index in [-0.39, 0.29) is 19.6 Å². The third-order valence-electron chi connectivity index (χ3n) is 8.67. The predicted octanol–water partition coefficient (Wildman–Crippen LogP) is 7.40. The Bertz CT molecular complexity index is 2200. The number of morpholine rings is 1. The predicted molar refractivity (Wildman–Crippen MR) is 202 cm³/mol. The summed E-state index contributed by atoms with van der Waals surface area (Å²) in [5, 5.41) is 14.8. The van der Waals surface area contributed by atoms with Gasteiger partial charge >= 0.3 is 5.97 Å². The molecule has 1 aliphatic heterocycles. The third-order valence-corrected chi connectivity index (χ3v) is 9.72. The van der Waals surface area contributed by atoms with Gasteiger partial charge in [0.15, 0.2) is 16.6 Å². The molecule has 7 rings (SSSR count). The fourth-order valence-electron chi connectivity index (χ4n) is 5.76. The Balaban J connectivity index is 1.04. The zero-order valence-electron chi connectivity index (χ0n) is 29.7. The number of aryl methyl sites for hydroxylation is 2. The van der Waals surface area contributed by atoms with Crippen LogP contribution in [-0.4, -0.2) is 64.2 Å². The minimum absolute atomic E-state index is 0.0433. The summed E-state index contributed by atoms with van der Waals surface area (Å²) in [4.78, 5) is 24.0. The van der Waals surface area contributed by atoms with Gasteiger partial charge in [0.05, 0.1) is 43.7 Å². The lowest BCUT2D eigenvalue weighted by Crippen LogP contribution is -2.36. The van der Waals surface area contributed by atoms with E-state index in [2.05, 4.69) is 16.8 Å². The van der Waals surface area contributed by atoms with E-state index in [0.717, 1.165) is 51.2 Å². The molecule has 4 heterocycles. The topological polar surface area (TPSA) is 134 Å². The van der Waals surface area contributed by atoms with Crippen LogP contribution in [0.4, 0.5) is 5.13 Å². The van der Waals surface area contributed by atoms with Crippen molar-refractivity contribution in [3.63, 3.8) is 0 Å². The molecule has 12 nitrogen and oxygen atoms in total. The van der Waals surface area contributed by atoms with Gasteiger partial charge in [0, 0.05) is 29.7 Å². The summed E-state index contributed by atoms with van der Waals surface area (Å²) >= 11 is 1.69. The molecule has 1 saturated heterocycles. The molecule has 53 heavy (non-hydrogen) atoms. The van der Waals surface area contributed by atoms with Crippen LogP contribution in [0.2, 0.25) is 0 Å². The van der Waals surface area contributed by atoms with E-state index in [4.69, 9.17) is 38.6 Å². The number of rotatable bonds is 14. The lowest BCUT2D eigenvalue weighted by Gasteiger charge is -2.25. The molecule has 0 radical (unpaired) electrons. The smallest absolute Gasteiger partial charge is 0.307 e. The van der Waals surface area contributed by atoms with E-state index in [1.807, 2.05) is 78.5 Å². The highest BCUT2D eigenvalue weighted by Crippen LogP contribution is 2.32. The second kappa shape index (κ2) is 16.2. The van der Waals surface area contributed by atoms with Crippen molar-refractivity contribution in [1.82, 2.24) is 19.7 Å². The standard InChI is InChI=1S/C40H39N5O7S/c1-26-34(41-38(52-26)30-12-9-28(10-13-30)22-37(46)47)25-50-35-16-11-29(21-36(35)48-3)24-51-39-31(23-45(43-39)32-7-5-4-6-8-32)14-15-33-27(2)53-40(42-33)44-17-19-49-20-18-44/h4-16,21,23H,17-20,22,24-25H2,1-3H3,(H,46,47). The molecule has 1 N–H and O–H groups in total. The van der Waals surface area contributed by atoms with Crippen molar-refractivity contribution >= 4 is 34.6 Å². The molecule has 0 amide bonds. The second-order valence-electron chi connectivity index (χ2n) is 12.4. The van der Waals surface area contributed by atoms with E-state index in [0.29, 0.717) is 53.5 Å². The van der Waals surface area contributed by atoms with E-state index < -0.39 is 5.97 Å². The first kappa shape index (κ1) is 35.5. The number of carboxylic acid groups (broad SMARTS) is 1. The zero-order valence-corrected chi connectivity index (χ0v) is 30.5. The molecule has 3 aromatic heterocycles. The Morgan fingerprint density at radius 2 is 1.70 bits per heavy atom. The van der Waals surface area contributed by atoms with Crippen LogP contribution >= 0.6 is 11.3 Å². The maximum atomic E-state index is 11.0. The molecule has 1 fully saturated rings. The summed E-state index contributed by atoms with van der Waals surface area (Å²) in [6.07, 6.45) is 5.92. The highest BCUT2D eigenvalue weighted by atomic mass is 32.1. The van der Waals surface area contributed by atoms with Crippen molar-refractivity contribution in [2.75, 3.05) is 38.3 Å². The first-order valence-electron chi connectivity index (χ1n) is 17.2. The van der Waals surface area contributed by atoms with Crippen LogP contribution in [0.3, 0.4) is 0 Å². The first-order valence-corrected chi connectivity index (χ1v) is 18.0. The lowest BCUT2D eigenvalue weighted by molar-refractivity contribution is -0.136. The fraction of sp³-hybridized carbons (Fsp3) is 0.250. The molecule has 0 saturated carbocycles. The van der Waals surface area contributed by atoms with E-state index >= 15 is 0 Å². The number of carbonyl (C=O) groups is 1. The summed E-state index contributed by atoms with van der Waals surface area (Å²) in [5.41, 5.74) is 5.62. The average molecular weight is 734 g/mol. The van der Waals surface area contributed by atoms with Gasteiger partial charge < -0.3 is 33.4 Å². The molecular formula is C40H39N5O7S. The molecule has 13 heteroatoms. The first-order chi connectivity index (χ1) is 25.8. The molecule has 3 aromatic carbocycles. The molecule has 6 aromatic rings. The zero-order chi connectivity index (χ0) is 36.7. The number of oxazole rings is 1. The van der Waals surface area contributed by atoms with Gasteiger partial charge in [-0.05, 0) is 73.5 Å². The number of thiazole rings is 1. The van der Waals surface area contributed by atoms with Crippen LogP contribution in [0.15, 0.2) is 83.4 Å². The normalized spacial score (nSPS) is 13.1. The summed E-state index contributed by atoms with van der Waals surface area (Å²) < 4.78 is 31.4. The van der Waals surface area contributed by atoms with Gasteiger partial charge in [0.25, 0.3) is 0 Å². The van der Waals surface area contributed by atoms with Gasteiger partial charge in [0.1, 0.15) is 24.7 Å². The van der Waals surface area contributed by atoms with Gasteiger partial charge in [-0.15, -0.1) is 16.4 Å². The lowest BCUT2D eigenvalue weighted by atomic mass is 10.1. The Morgan fingerprint density at radius 3 is 2.45 bits per heavy atom. The van der Waals surface area contributed by atoms with Crippen molar-refractivity contribution in [1.29, 1.82) is 0 Å². The van der Waals surface area contributed by atoms with E-state index in [1.54, 1.807) is 42.7 Å². The van der Waals surface area contributed by atoms with Crippen LogP contribution < -0.4 is 19.1 Å². The molecule has 0 bridgehead atoms. The number of ether oxygens (including phenoxy) is 4. The monoisotopic (exact) mass is 733 g/mol. The minimum Gasteiger partial charge on any atom is -0.493 e. The second-order valence-corrected chi connectivity index (χ2v) is 13.6. The molecule has 1 aliphatic rings. The van der Waals surface area contributed by atoms with Gasteiger partial charge in [-0.2, -0.15) is 0 Å². The number of aromatic nitrogens is 4. The number of hydrogen-bond donors (Lipinski definition) is 1. The highest BCUT2D eigenvalue weighted by Gasteiger charge is 2.18. The average Bonchev–Trinajstić information content (AvgIpc) is 3.89. The maximum absolute atomic E-state index is 11.0. The maximum Gasteiger partial charge on any atom is 0.307 e. The number of para-hydroxylation sites is 1. The van der Waals surface area contributed by atoms with Crippen molar-refractivity contribution in [3.05, 3.63) is 118 Å². The van der Waals surface area contributed by atoms with Gasteiger partial charge in [-0.3, -0.25) is 4.79 Å². The largest absolute Gasteiger partial charge is 0.493 e. The van der Waals surface area contributed by atoms with Gasteiger partial charge in [-0.25, -0.2) is 14.6 Å². The Morgan fingerprint density at radius 1 is 0.925 bits per heavy atom. The molecule has 0 unspecified atom stereocenters. The van der Waals surface area contributed by atoms with Gasteiger partial charge in [-0.1, -0.05) is 36.4 Å². The summed E-state index contributed by atoms with van der Waals surface area (Å²) in [6, 6.07) is 22.7. The quantitative estimate of drug-likeness (QED) is 0.120. The van der Waals surface area contributed by atoms with Crippen molar-refractivity contribution in [2.45, 2.75) is 33.5 Å². The van der Waals surface area contributed by atoms with Gasteiger partial charge in [0.2, 0.25) is 11.8 Å². The fourth-order valence-corrected chi connectivity index (χ4v) is 6.71. The molecule has 0 spiro atoms. The van der Waals surface area contributed by atoms with Crippen molar-refractivity contribution < 1.29 is 33.3 Å². The van der Waals surface area contributed by atoms with Crippen molar-refractivity contribution in [2.24, 2.45) is 0 Å². The Labute approximate surface area is 310 Å².